The molecule has 5 heteroatoms. The highest BCUT2D eigenvalue weighted by Crippen LogP contribution is 2.28. The van der Waals surface area contributed by atoms with Gasteiger partial charge in [-0.05, 0) is 38.1 Å². The molecule has 5 nitrogen and oxygen atoms in total. The number of benzene rings is 2. The van der Waals surface area contributed by atoms with Crippen LogP contribution in [-0.4, -0.2) is 17.6 Å². The Kier molecular flexibility index (Phi) is 4.66. The van der Waals surface area contributed by atoms with Gasteiger partial charge >= 0.3 is 0 Å². The third kappa shape index (κ3) is 3.66. The van der Waals surface area contributed by atoms with Gasteiger partial charge in [-0.15, -0.1) is 0 Å². The molecule has 0 spiro atoms. The van der Waals surface area contributed by atoms with Gasteiger partial charge in [-0.2, -0.15) is 0 Å². The molecule has 0 saturated carbocycles. The third-order valence-corrected chi connectivity index (χ3v) is 2.86. The summed E-state index contributed by atoms with van der Waals surface area (Å²) >= 11 is 0. The molecule has 0 radical (unpaired) electrons. The van der Waals surface area contributed by atoms with Crippen LogP contribution in [-0.2, 0) is 0 Å². The maximum Gasteiger partial charge on any atom is 0.173 e. The average Bonchev–Trinajstić information content (AvgIpc) is 2.49. The summed E-state index contributed by atoms with van der Waals surface area (Å²) in [5.74, 6) is 1.88. The van der Waals surface area contributed by atoms with E-state index >= 15 is 0 Å². The van der Waals surface area contributed by atoms with Crippen molar-refractivity contribution in [2.75, 3.05) is 6.61 Å². The summed E-state index contributed by atoms with van der Waals surface area (Å²) < 4.78 is 11.3. The van der Waals surface area contributed by atoms with Gasteiger partial charge in [0.1, 0.15) is 17.2 Å². The Morgan fingerprint density at radius 1 is 1.19 bits per heavy atom. The number of hydrogen-bond donors (Lipinski definition) is 2. The summed E-state index contributed by atoms with van der Waals surface area (Å²) in [6.07, 6.45) is 0. The van der Waals surface area contributed by atoms with Crippen molar-refractivity contribution in [3.63, 3.8) is 0 Å². The molecule has 0 unspecified atom stereocenters. The van der Waals surface area contributed by atoms with Crippen LogP contribution in [0.15, 0.2) is 47.6 Å². The lowest BCUT2D eigenvalue weighted by Gasteiger charge is -2.12. The Morgan fingerprint density at radius 2 is 1.95 bits per heavy atom. The molecule has 0 amide bonds. The molecule has 0 atom stereocenters. The number of nitrogens with zero attached hydrogens (tertiary/aromatic N) is 1. The maximum atomic E-state index is 8.87. The molecule has 21 heavy (non-hydrogen) atoms. The predicted octanol–water partition coefficient (Wildman–Crippen LogP) is 3.28. The van der Waals surface area contributed by atoms with Crippen LogP contribution in [0.5, 0.6) is 17.2 Å². The van der Waals surface area contributed by atoms with Gasteiger partial charge in [0.2, 0.25) is 0 Å². The van der Waals surface area contributed by atoms with Crippen LogP contribution in [0.1, 0.15) is 18.1 Å². The van der Waals surface area contributed by atoms with Gasteiger partial charge in [-0.3, -0.25) is 0 Å². The number of oxime groups is 1. The molecule has 0 aliphatic carbocycles. The predicted molar refractivity (Wildman–Crippen MR) is 81.4 cm³/mol. The van der Waals surface area contributed by atoms with Gasteiger partial charge in [0.15, 0.2) is 5.84 Å². The minimum atomic E-state index is 0.00895. The number of amidine groups is 1. The smallest absolute Gasteiger partial charge is 0.173 e. The summed E-state index contributed by atoms with van der Waals surface area (Å²) in [6.45, 7) is 4.43. The fourth-order valence-corrected chi connectivity index (χ4v) is 1.91. The Morgan fingerprint density at radius 3 is 2.67 bits per heavy atom. The van der Waals surface area contributed by atoms with Crippen molar-refractivity contribution in [3.8, 4) is 17.2 Å². The highest BCUT2D eigenvalue weighted by atomic mass is 16.5. The van der Waals surface area contributed by atoms with Crippen LogP contribution < -0.4 is 15.2 Å². The molecule has 0 bridgehead atoms. The van der Waals surface area contributed by atoms with Crippen LogP contribution in [0.4, 0.5) is 0 Å². The second kappa shape index (κ2) is 6.65. The monoisotopic (exact) mass is 286 g/mol. The first kappa shape index (κ1) is 14.7. The standard InChI is InChI=1S/C16H18N2O3/c1-3-20-12-5-4-6-13(10-12)21-15-8-7-11(2)9-14(15)16(17)18-19/h4-10,19H,3H2,1-2H3,(H2,17,18). The molecule has 3 N–H and O–H groups in total. The lowest BCUT2D eigenvalue weighted by Crippen LogP contribution is -2.14. The second-order valence-electron chi connectivity index (χ2n) is 4.49. The van der Waals surface area contributed by atoms with Gasteiger partial charge < -0.3 is 20.4 Å². The van der Waals surface area contributed by atoms with E-state index in [1.807, 2.05) is 38.1 Å². The molecule has 110 valence electrons. The number of hydrogen-bond acceptors (Lipinski definition) is 4. The van der Waals surface area contributed by atoms with Gasteiger partial charge in [-0.25, -0.2) is 0 Å². The lowest BCUT2D eigenvalue weighted by molar-refractivity contribution is 0.318. The first-order valence-corrected chi connectivity index (χ1v) is 6.63. The van der Waals surface area contributed by atoms with E-state index in [-0.39, 0.29) is 5.84 Å². The molecule has 0 aliphatic heterocycles. The Bertz CT molecular complexity index is 654. The molecular weight excluding hydrogens is 268 g/mol. The minimum absolute atomic E-state index is 0.00895. The number of ether oxygens (including phenoxy) is 2. The van der Waals surface area contributed by atoms with Crippen LogP contribution in [0.25, 0.3) is 0 Å². The SMILES string of the molecule is CCOc1cccc(Oc2ccc(C)cc2/C(N)=N/O)c1. The van der Waals surface area contributed by atoms with Crippen molar-refractivity contribution < 1.29 is 14.7 Å². The number of aryl methyl sites for hydroxylation is 1. The average molecular weight is 286 g/mol. The second-order valence-corrected chi connectivity index (χ2v) is 4.49. The summed E-state index contributed by atoms with van der Waals surface area (Å²) in [5, 5.41) is 11.9. The summed E-state index contributed by atoms with van der Waals surface area (Å²) in [6, 6.07) is 12.8. The van der Waals surface area contributed by atoms with E-state index in [2.05, 4.69) is 5.16 Å². The van der Waals surface area contributed by atoms with E-state index in [0.717, 1.165) is 11.3 Å². The van der Waals surface area contributed by atoms with Crippen LogP contribution in [0.2, 0.25) is 0 Å². The molecule has 0 aliphatic rings. The van der Waals surface area contributed by atoms with Gasteiger partial charge in [0.25, 0.3) is 0 Å². The van der Waals surface area contributed by atoms with E-state index in [1.165, 1.54) is 0 Å². The van der Waals surface area contributed by atoms with Gasteiger partial charge in [0, 0.05) is 6.07 Å². The first-order chi connectivity index (χ1) is 10.1. The van der Waals surface area contributed by atoms with E-state index in [0.29, 0.717) is 23.7 Å². The molecule has 0 saturated heterocycles. The van der Waals surface area contributed by atoms with Crippen molar-refractivity contribution in [3.05, 3.63) is 53.6 Å². The Balaban J connectivity index is 2.33. The van der Waals surface area contributed by atoms with Gasteiger partial charge in [-0.1, -0.05) is 22.9 Å². The largest absolute Gasteiger partial charge is 0.494 e. The van der Waals surface area contributed by atoms with Crippen LogP contribution in [0.3, 0.4) is 0 Å². The minimum Gasteiger partial charge on any atom is -0.494 e. The fourth-order valence-electron chi connectivity index (χ4n) is 1.91. The van der Waals surface area contributed by atoms with Crippen molar-refractivity contribution in [1.29, 1.82) is 0 Å². The molecular formula is C16H18N2O3. The maximum absolute atomic E-state index is 8.87. The fraction of sp³-hybridized carbons (Fsp3) is 0.188. The normalized spacial score (nSPS) is 11.2. The zero-order valence-electron chi connectivity index (χ0n) is 12.0. The van der Waals surface area contributed by atoms with E-state index in [4.69, 9.17) is 20.4 Å². The van der Waals surface area contributed by atoms with E-state index < -0.39 is 0 Å². The molecule has 2 aromatic rings. The summed E-state index contributed by atoms with van der Waals surface area (Å²) in [7, 11) is 0. The van der Waals surface area contributed by atoms with Gasteiger partial charge in [0.05, 0.1) is 12.2 Å². The first-order valence-electron chi connectivity index (χ1n) is 6.63. The van der Waals surface area contributed by atoms with E-state index in [9.17, 15) is 0 Å². The third-order valence-electron chi connectivity index (χ3n) is 2.86. The van der Waals surface area contributed by atoms with Crippen molar-refractivity contribution >= 4 is 5.84 Å². The highest BCUT2D eigenvalue weighted by molar-refractivity contribution is 5.99. The molecule has 0 fully saturated rings. The Labute approximate surface area is 123 Å². The van der Waals surface area contributed by atoms with Crippen molar-refractivity contribution in [2.24, 2.45) is 10.9 Å². The van der Waals surface area contributed by atoms with Crippen LogP contribution in [0, 0.1) is 6.92 Å². The topological polar surface area (TPSA) is 77.1 Å². The molecule has 0 heterocycles. The van der Waals surface area contributed by atoms with Crippen molar-refractivity contribution in [1.82, 2.24) is 0 Å². The zero-order valence-corrected chi connectivity index (χ0v) is 12.0. The lowest BCUT2D eigenvalue weighted by atomic mass is 10.1. The molecule has 2 aromatic carbocycles. The number of rotatable bonds is 5. The summed E-state index contributed by atoms with van der Waals surface area (Å²) in [5.41, 5.74) is 7.22. The Hall–Kier alpha value is -2.69. The zero-order chi connectivity index (χ0) is 15.2. The van der Waals surface area contributed by atoms with E-state index in [1.54, 1.807) is 18.2 Å². The molecule has 0 aromatic heterocycles. The van der Waals surface area contributed by atoms with Crippen molar-refractivity contribution in [2.45, 2.75) is 13.8 Å². The quantitative estimate of drug-likeness (QED) is 0.383. The highest BCUT2D eigenvalue weighted by Gasteiger charge is 2.10. The van der Waals surface area contributed by atoms with Crippen LogP contribution >= 0.6 is 0 Å². The number of nitrogens with two attached hydrogens (primary N) is 1. The summed E-state index contributed by atoms with van der Waals surface area (Å²) in [4.78, 5) is 0. The molecule has 2 rings (SSSR count).